The summed E-state index contributed by atoms with van der Waals surface area (Å²) in [5.74, 6) is 0.726. The van der Waals surface area contributed by atoms with Gasteiger partial charge in [-0.25, -0.2) is 0 Å². The maximum atomic E-state index is 12.1. The second-order valence-electron chi connectivity index (χ2n) is 5.40. The lowest BCUT2D eigenvalue weighted by atomic mass is 10.1. The van der Waals surface area contributed by atoms with E-state index in [0.717, 1.165) is 16.9 Å². The summed E-state index contributed by atoms with van der Waals surface area (Å²) < 4.78 is 10.8. The number of methoxy groups -OCH3 is 2. The number of rotatable bonds is 8. The number of halogens is 1. The number of hydrogen-bond acceptors (Lipinski definition) is 3. The number of nitrogens with one attached hydrogen (secondary N) is 1. The second kappa shape index (κ2) is 9.30. The van der Waals surface area contributed by atoms with Crippen molar-refractivity contribution in [1.29, 1.82) is 0 Å². The number of carbonyl (C=O) groups is 1. The first-order valence-corrected chi connectivity index (χ1v) is 8.18. The van der Waals surface area contributed by atoms with Crippen LogP contribution in [-0.4, -0.2) is 26.7 Å². The predicted molar refractivity (Wildman–Crippen MR) is 95.5 cm³/mol. The first-order valence-electron chi connectivity index (χ1n) is 7.81. The van der Waals surface area contributed by atoms with Gasteiger partial charge < -0.3 is 14.8 Å². The number of benzene rings is 2. The summed E-state index contributed by atoms with van der Waals surface area (Å²) in [5.41, 5.74) is 1.96. The second-order valence-corrected chi connectivity index (χ2v) is 5.84. The number of para-hydroxylation sites is 1. The highest BCUT2D eigenvalue weighted by molar-refractivity contribution is 6.30. The van der Waals surface area contributed by atoms with E-state index in [4.69, 9.17) is 21.1 Å². The Hall–Kier alpha value is -2.04. The number of carbonyl (C=O) groups excluding carboxylic acids is 1. The molecule has 5 heteroatoms. The van der Waals surface area contributed by atoms with E-state index in [1.807, 2.05) is 48.5 Å². The van der Waals surface area contributed by atoms with Crippen LogP contribution < -0.4 is 10.1 Å². The van der Waals surface area contributed by atoms with Gasteiger partial charge in [0, 0.05) is 30.7 Å². The fourth-order valence-electron chi connectivity index (χ4n) is 2.50. The molecule has 0 saturated heterocycles. The molecule has 0 aliphatic rings. The average Bonchev–Trinajstić information content (AvgIpc) is 2.61. The van der Waals surface area contributed by atoms with Crippen LogP contribution >= 0.6 is 11.6 Å². The van der Waals surface area contributed by atoms with Crippen LogP contribution in [0.1, 0.15) is 23.7 Å². The van der Waals surface area contributed by atoms with Gasteiger partial charge in [0.05, 0.1) is 7.11 Å². The third-order valence-corrected chi connectivity index (χ3v) is 4.02. The van der Waals surface area contributed by atoms with Crippen LogP contribution in [0.3, 0.4) is 0 Å². The summed E-state index contributed by atoms with van der Waals surface area (Å²) in [6.45, 7) is 0.394. The van der Waals surface area contributed by atoms with Crippen molar-refractivity contribution in [3.05, 3.63) is 64.7 Å². The molecule has 0 fully saturated rings. The van der Waals surface area contributed by atoms with Gasteiger partial charge >= 0.3 is 0 Å². The van der Waals surface area contributed by atoms with Crippen molar-refractivity contribution in [1.82, 2.24) is 5.32 Å². The van der Waals surface area contributed by atoms with Gasteiger partial charge in [0.1, 0.15) is 11.9 Å². The molecule has 0 bridgehead atoms. The number of aryl methyl sites for hydroxylation is 1. The largest absolute Gasteiger partial charge is 0.496 e. The summed E-state index contributed by atoms with van der Waals surface area (Å²) in [6.07, 6.45) is 0.803. The highest BCUT2D eigenvalue weighted by Crippen LogP contribution is 2.26. The fourth-order valence-corrected chi connectivity index (χ4v) is 2.71. The third kappa shape index (κ3) is 5.25. The molecule has 0 saturated carbocycles. The molecule has 0 radical (unpaired) electrons. The first-order chi connectivity index (χ1) is 11.6. The van der Waals surface area contributed by atoms with Crippen molar-refractivity contribution in [2.45, 2.75) is 18.9 Å². The predicted octanol–water partition coefficient (Wildman–Crippen LogP) is 3.79. The Morgan fingerprint density at radius 1 is 1.17 bits per heavy atom. The molecule has 1 unspecified atom stereocenters. The fraction of sp³-hybridized carbons (Fsp3) is 0.316. The average molecular weight is 348 g/mol. The van der Waals surface area contributed by atoms with Crippen molar-refractivity contribution < 1.29 is 14.3 Å². The monoisotopic (exact) mass is 347 g/mol. The topological polar surface area (TPSA) is 47.6 Å². The Kier molecular flexibility index (Phi) is 7.09. The molecule has 2 aromatic carbocycles. The molecule has 0 aromatic heterocycles. The molecule has 24 heavy (non-hydrogen) atoms. The van der Waals surface area contributed by atoms with Crippen LogP contribution in [0, 0.1) is 0 Å². The van der Waals surface area contributed by atoms with Crippen LogP contribution in [0.4, 0.5) is 0 Å². The maximum Gasteiger partial charge on any atom is 0.220 e. The SMILES string of the molecule is COc1ccccc1C(CNC(=O)CCc1cccc(Cl)c1)OC. The molecular formula is C19H22ClNO3. The Morgan fingerprint density at radius 3 is 2.67 bits per heavy atom. The molecule has 0 heterocycles. The molecule has 2 rings (SSSR count). The van der Waals surface area contributed by atoms with Crippen LogP contribution in [0.25, 0.3) is 0 Å². The van der Waals surface area contributed by atoms with E-state index in [9.17, 15) is 4.79 Å². The molecule has 1 amide bonds. The minimum Gasteiger partial charge on any atom is -0.496 e. The minimum absolute atomic E-state index is 0.0214. The van der Waals surface area contributed by atoms with Crippen LogP contribution in [0.2, 0.25) is 5.02 Å². The number of hydrogen-bond donors (Lipinski definition) is 1. The van der Waals surface area contributed by atoms with Gasteiger partial charge in [-0.15, -0.1) is 0 Å². The van der Waals surface area contributed by atoms with Crippen molar-refractivity contribution in [2.75, 3.05) is 20.8 Å². The minimum atomic E-state index is -0.253. The molecular weight excluding hydrogens is 326 g/mol. The lowest BCUT2D eigenvalue weighted by Gasteiger charge is -2.19. The summed E-state index contributed by atoms with van der Waals surface area (Å²) in [5, 5.41) is 3.60. The molecule has 128 valence electrons. The van der Waals surface area contributed by atoms with Crippen LogP contribution in [0.5, 0.6) is 5.75 Å². The molecule has 1 N–H and O–H groups in total. The molecule has 0 aliphatic heterocycles. The molecule has 0 aliphatic carbocycles. The summed E-state index contributed by atoms with van der Waals surface area (Å²) in [4.78, 5) is 12.1. The Morgan fingerprint density at radius 2 is 1.96 bits per heavy atom. The van der Waals surface area contributed by atoms with E-state index < -0.39 is 0 Å². The van der Waals surface area contributed by atoms with E-state index in [1.54, 1.807) is 14.2 Å². The lowest BCUT2D eigenvalue weighted by Crippen LogP contribution is -2.29. The van der Waals surface area contributed by atoms with Crippen molar-refractivity contribution in [2.24, 2.45) is 0 Å². The van der Waals surface area contributed by atoms with Gasteiger partial charge in [-0.1, -0.05) is 41.9 Å². The molecule has 0 spiro atoms. The Bertz CT molecular complexity index is 675. The third-order valence-electron chi connectivity index (χ3n) is 3.78. The molecule has 2 aromatic rings. The zero-order valence-corrected chi connectivity index (χ0v) is 14.7. The van der Waals surface area contributed by atoms with E-state index in [-0.39, 0.29) is 12.0 Å². The first kappa shape index (κ1) is 18.3. The van der Waals surface area contributed by atoms with Crippen LogP contribution in [0.15, 0.2) is 48.5 Å². The zero-order valence-electron chi connectivity index (χ0n) is 13.9. The molecule has 4 nitrogen and oxygen atoms in total. The zero-order chi connectivity index (χ0) is 17.4. The normalized spacial score (nSPS) is 11.8. The Labute approximate surface area is 147 Å². The highest BCUT2D eigenvalue weighted by Gasteiger charge is 2.16. The maximum absolute atomic E-state index is 12.1. The van der Waals surface area contributed by atoms with Gasteiger partial charge in [-0.3, -0.25) is 4.79 Å². The van der Waals surface area contributed by atoms with Gasteiger partial charge in [-0.2, -0.15) is 0 Å². The summed E-state index contributed by atoms with van der Waals surface area (Å²) in [6, 6.07) is 15.2. The van der Waals surface area contributed by atoms with Gasteiger partial charge in [0.15, 0.2) is 0 Å². The quantitative estimate of drug-likeness (QED) is 0.790. The lowest BCUT2D eigenvalue weighted by molar-refractivity contribution is -0.121. The van der Waals surface area contributed by atoms with Gasteiger partial charge in [-0.05, 0) is 30.2 Å². The summed E-state index contributed by atoms with van der Waals surface area (Å²) in [7, 11) is 3.24. The van der Waals surface area contributed by atoms with E-state index >= 15 is 0 Å². The van der Waals surface area contributed by atoms with Crippen molar-refractivity contribution >= 4 is 17.5 Å². The van der Waals surface area contributed by atoms with E-state index in [2.05, 4.69) is 5.32 Å². The van der Waals surface area contributed by atoms with E-state index in [1.165, 1.54) is 0 Å². The number of ether oxygens (including phenoxy) is 2. The highest BCUT2D eigenvalue weighted by atomic mass is 35.5. The summed E-state index contributed by atoms with van der Waals surface area (Å²) >= 11 is 5.95. The van der Waals surface area contributed by atoms with Crippen LogP contribution in [-0.2, 0) is 16.0 Å². The van der Waals surface area contributed by atoms with Gasteiger partial charge in [0.2, 0.25) is 5.91 Å². The van der Waals surface area contributed by atoms with E-state index in [0.29, 0.717) is 24.4 Å². The smallest absolute Gasteiger partial charge is 0.220 e. The van der Waals surface area contributed by atoms with Crippen molar-refractivity contribution in [3.8, 4) is 5.75 Å². The number of amides is 1. The Balaban J connectivity index is 1.87. The van der Waals surface area contributed by atoms with Crippen molar-refractivity contribution in [3.63, 3.8) is 0 Å². The van der Waals surface area contributed by atoms with Gasteiger partial charge in [0.25, 0.3) is 0 Å². The standard InChI is InChI=1S/C19H22ClNO3/c1-23-17-9-4-3-8-16(17)18(24-2)13-21-19(22)11-10-14-6-5-7-15(20)12-14/h3-9,12,18H,10-11,13H2,1-2H3,(H,21,22). The molecule has 1 atom stereocenters.